The summed E-state index contributed by atoms with van der Waals surface area (Å²) in [5.41, 5.74) is -0.158. The van der Waals surface area contributed by atoms with Crippen molar-refractivity contribution in [3.63, 3.8) is 0 Å². The van der Waals surface area contributed by atoms with Gasteiger partial charge in [0, 0.05) is 0 Å². The van der Waals surface area contributed by atoms with E-state index in [1.807, 2.05) is 0 Å². The molecule has 0 aliphatic carbocycles. The largest absolute Gasteiger partial charge is 0.380 e. The average Bonchev–Trinajstić information content (AvgIpc) is 2.47. The van der Waals surface area contributed by atoms with Crippen molar-refractivity contribution in [3.8, 4) is 0 Å². The second-order valence-electron chi connectivity index (χ2n) is 3.32. The molecule has 11 heavy (non-hydrogen) atoms. The molecule has 0 aromatic heterocycles. The van der Waals surface area contributed by atoms with Crippen molar-refractivity contribution in [2.75, 3.05) is 13.2 Å². The minimum Gasteiger partial charge on any atom is -0.380 e. The first-order chi connectivity index (χ1) is 5.29. The molecular weight excluding hydrogens is 140 g/mol. The van der Waals surface area contributed by atoms with Crippen LogP contribution in [0.5, 0.6) is 0 Å². The van der Waals surface area contributed by atoms with Gasteiger partial charge < -0.3 is 9.53 Å². The number of carbonyl (C=O) groups is 1. The Morgan fingerprint density at radius 2 is 2.36 bits per heavy atom. The molecule has 0 radical (unpaired) electrons. The van der Waals surface area contributed by atoms with Gasteiger partial charge in [-0.2, -0.15) is 0 Å². The molecule has 0 spiro atoms. The predicted octanol–water partition coefficient (Wildman–Crippen LogP) is 1.64. The molecule has 0 amide bonds. The van der Waals surface area contributed by atoms with Crippen LogP contribution in [0.2, 0.25) is 0 Å². The normalized spacial score (nSPS) is 37.5. The average molecular weight is 156 g/mol. The maximum Gasteiger partial charge on any atom is 0.128 e. The van der Waals surface area contributed by atoms with Crippen molar-refractivity contribution in [1.29, 1.82) is 0 Å². The standard InChI is InChI=1S/C9H16O2/c1-3-8-5-11-7-9(8,4-2)6-10/h6,8H,3-5,7H2,1-2H3. The van der Waals surface area contributed by atoms with Gasteiger partial charge in [-0.15, -0.1) is 0 Å². The molecule has 2 atom stereocenters. The van der Waals surface area contributed by atoms with Gasteiger partial charge in [-0.25, -0.2) is 0 Å². The van der Waals surface area contributed by atoms with Crippen LogP contribution in [0.25, 0.3) is 0 Å². The Morgan fingerprint density at radius 1 is 1.64 bits per heavy atom. The van der Waals surface area contributed by atoms with Crippen molar-refractivity contribution < 1.29 is 9.53 Å². The minimum atomic E-state index is -0.158. The van der Waals surface area contributed by atoms with Crippen LogP contribution in [0, 0.1) is 11.3 Å². The lowest BCUT2D eigenvalue weighted by molar-refractivity contribution is -0.118. The lowest BCUT2D eigenvalue weighted by Gasteiger charge is -2.24. The highest BCUT2D eigenvalue weighted by atomic mass is 16.5. The summed E-state index contributed by atoms with van der Waals surface area (Å²) < 4.78 is 5.31. The van der Waals surface area contributed by atoms with Crippen molar-refractivity contribution in [3.05, 3.63) is 0 Å². The van der Waals surface area contributed by atoms with E-state index < -0.39 is 0 Å². The molecular formula is C9H16O2. The number of ether oxygens (including phenoxy) is 1. The molecule has 0 N–H and O–H groups in total. The van der Waals surface area contributed by atoms with Crippen LogP contribution in [-0.4, -0.2) is 19.5 Å². The van der Waals surface area contributed by atoms with Crippen molar-refractivity contribution >= 4 is 6.29 Å². The van der Waals surface area contributed by atoms with Crippen molar-refractivity contribution in [2.45, 2.75) is 26.7 Å². The Morgan fingerprint density at radius 3 is 2.73 bits per heavy atom. The van der Waals surface area contributed by atoms with E-state index in [2.05, 4.69) is 13.8 Å². The highest BCUT2D eigenvalue weighted by Crippen LogP contribution is 2.37. The monoisotopic (exact) mass is 156 g/mol. The zero-order valence-electron chi connectivity index (χ0n) is 7.30. The number of hydrogen-bond donors (Lipinski definition) is 0. The second kappa shape index (κ2) is 3.35. The molecule has 2 unspecified atom stereocenters. The van der Waals surface area contributed by atoms with E-state index in [0.29, 0.717) is 12.5 Å². The number of carbonyl (C=O) groups excluding carboxylic acids is 1. The summed E-state index contributed by atoms with van der Waals surface area (Å²) in [4.78, 5) is 10.8. The predicted molar refractivity (Wildman–Crippen MR) is 43.4 cm³/mol. The Kier molecular flexibility index (Phi) is 2.66. The fraction of sp³-hybridized carbons (Fsp3) is 0.889. The topological polar surface area (TPSA) is 26.3 Å². The van der Waals surface area contributed by atoms with Crippen LogP contribution in [-0.2, 0) is 9.53 Å². The molecule has 0 bridgehead atoms. The van der Waals surface area contributed by atoms with Crippen LogP contribution >= 0.6 is 0 Å². The Hall–Kier alpha value is -0.370. The molecule has 2 heteroatoms. The molecule has 1 aliphatic heterocycles. The van der Waals surface area contributed by atoms with Gasteiger partial charge in [0.15, 0.2) is 0 Å². The number of hydrogen-bond acceptors (Lipinski definition) is 2. The van der Waals surface area contributed by atoms with Gasteiger partial charge in [0.2, 0.25) is 0 Å². The molecule has 1 rings (SSSR count). The summed E-state index contributed by atoms with van der Waals surface area (Å²) in [7, 11) is 0. The quantitative estimate of drug-likeness (QED) is 0.581. The maximum absolute atomic E-state index is 10.8. The van der Waals surface area contributed by atoms with Gasteiger partial charge >= 0.3 is 0 Å². The van der Waals surface area contributed by atoms with E-state index in [1.54, 1.807) is 0 Å². The molecule has 1 fully saturated rings. The van der Waals surface area contributed by atoms with Crippen molar-refractivity contribution in [2.24, 2.45) is 11.3 Å². The third-order valence-corrected chi connectivity index (χ3v) is 2.89. The fourth-order valence-electron chi connectivity index (χ4n) is 1.80. The summed E-state index contributed by atoms with van der Waals surface area (Å²) in [6.07, 6.45) is 3.05. The van der Waals surface area contributed by atoms with Gasteiger partial charge in [-0.3, -0.25) is 0 Å². The summed E-state index contributed by atoms with van der Waals surface area (Å²) in [6.45, 7) is 5.58. The molecule has 2 nitrogen and oxygen atoms in total. The lowest BCUT2D eigenvalue weighted by atomic mass is 9.76. The van der Waals surface area contributed by atoms with Crippen LogP contribution < -0.4 is 0 Å². The SMILES string of the molecule is CCC1COCC1(C=O)CC. The summed E-state index contributed by atoms with van der Waals surface area (Å²) in [5, 5.41) is 0. The zero-order chi connectivity index (χ0) is 8.32. The Labute approximate surface area is 67.9 Å². The lowest BCUT2D eigenvalue weighted by Crippen LogP contribution is -2.30. The summed E-state index contributed by atoms with van der Waals surface area (Å²) >= 11 is 0. The molecule has 1 saturated heterocycles. The maximum atomic E-state index is 10.8. The fourth-order valence-corrected chi connectivity index (χ4v) is 1.80. The Balaban J connectivity index is 2.71. The molecule has 1 heterocycles. The third kappa shape index (κ3) is 1.32. The first-order valence-corrected chi connectivity index (χ1v) is 4.33. The smallest absolute Gasteiger partial charge is 0.128 e. The first kappa shape index (κ1) is 8.72. The van der Waals surface area contributed by atoms with Crippen LogP contribution in [0.4, 0.5) is 0 Å². The summed E-state index contributed by atoms with van der Waals surface area (Å²) in [6, 6.07) is 0. The third-order valence-electron chi connectivity index (χ3n) is 2.89. The van der Waals surface area contributed by atoms with E-state index in [9.17, 15) is 4.79 Å². The molecule has 0 aromatic rings. The highest BCUT2D eigenvalue weighted by molar-refractivity contribution is 5.60. The van der Waals surface area contributed by atoms with E-state index in [-0.39, 0.29) is 5.41 Å². The van der Waals surface area contributed by atoms with Crippen LogP contribution in [0.3, 0.4) is 0 Å². The van der Waals surface area contributed by atoms with Gasteiger partial charge in [-0.1, -0.05) is 20.3 Å². The minimum absolute atomic E-state index is 0.158. The molecule has 1 aliphatic rings. The van der Waals surface area contributed by atoms with Crippen LogP contribution in [0.15, 0.2) is 0 Å². The molecule has 0 saturated carbocycles. The van der Waals surface area contributed by atoms with Gasteiger partial charge in [0.1, 0.15) is 6.29 Å². The Bertz CT molecular complexity index is 144. The van der Waals surface area contributed by atoms with Gasteiger partial charge in [0.25, 0.3) is 0 Å². The van der Waals surface area contributed by atoms with E-state index in [4.69, 9.17) is 4.74 Å². The van der Waals surface area contributed by atoms with Gasteiger partial charge in [-0.05, 0) is 12.3 Å². The van der Waals surface area contributed by atoms with E-state index >= 15 is 0 Å². The number of aldehydes is 1. The summed E-state index contributed by atoms with van der Waals surface area (Å²) in [5.74, 6) is 0.449. The second-order valence-corrected chi connectivity index (χ2v) is 3.32. The first-order valence-electron chi connectivity index (χ1n) is 4.33. The van der Waals surface area contributed by atoms with Crippen molar-refractivity contribution in [1.82, 2.24) is 0 Å². The van der Waals surface area contributed by atoms with Gasteiger partial charge in [0.05, 0.1) is 18.6 Å². The highest BCUT2D eigenvalue weighted by Gasteiger charge is 2.41. The zero-order valence-corrected chi connectivity index (χ0v) is 7.30. The van der Waals surface area contributed by atoms with Crippen LogP contribution in [0.1, 0.15) is 26.7 Å². The van der Waals surface area contributed by atoms with E-state index in [1.165, 1.54) is 0 Å². The molecule has 0 aromatic carbocycles. The number of rotatable bonds is 3. The molecule has 64 valence electrons. The van der Waals surface area contributed by atoms with E-state index in [0.717, 1.165) is 25.7 Å².